The number of benzene rings is 4. The van der Waals surface area contributed by atoms with Crippen LogP contribution in [-0.2, 0) is 10.0 Å². The first kappa shape index (κ1) is 23.8. The molecule has 0 aliphatic heterocycles. The van der Waals surface area contributed by atoms with E-state index in [1.807, 2.05) is 78.9 Å². The van der Waals surface area contributed by atoms with E-state index in [0.717, 1.165) is 39.0 Å². The molecule has 0 aliphatic carbocycles. The predicted octanol–water partition coefficient (Wildman–Crippen LogP) is 6.78. The van der Waals surface area contributed by atoms with Gasteiger partial charge in [-0.1, -0.05) is 36.4 Å². The lowest BCUT2D eigenvalue weighted by atomic mass is 10.0. The van der Waals surface area contributed by atoms with Gasteiger partial charge in [-0.05, 0) is 83.9 Å². The Kier molecular flexibility index (Phi) is 5.85. The molecular formula is C31H24N2O4S. The van der Waals surface area contributed by atoms with Crippen molar-refractivity contribution in [3.05, 3.63) is 109 Å². The molecule has 6 nitrogen and oxygen atoms in total. The van der Waals surface area contributed by atoms with Gasteiger partial charge in [-0.3, -0.25) is 0 Å². The molecule has 2 aromatic heterocycles. The maximum Gasteiger partial charge on any atom is 0.269 e. The number of nitrogens with zero attached hydrogens (tertiary/aromatic N) is 2. The van der Waals surface area contributed by atoms with Gasteiger partial charge in [0, 0.05) is 16.3 Å². The second kappa shape index (κ2) is 9.36. The van der Waals surface area contributed by atoms with Gasteiger partial charge in [0.2, 0.25) is 0 Å². The van der Waals surface area contributed by atoms with Crippen LogP contribution in [0.15, 0.2) is 114 Å². The van der Waals surface area contributed by atoms with E-state index in [-0.39, 0.29) is 4.90 Å². The van der Waals surface area contributed by atoms with E-state index in [1.54, 1.807) is 44.6 Å². The molecule has 0 bridgehead atoms. The Bertz CT molecular complexity index is 1880. The summed E-state index contributed by atoms with van der Waals surface area (Å²) in [6.07, 6.45) is 0. The summed E-state index contributed by atoms with van der Waals surface area (Å²) in [5.74, 6) is 1.51. The monoisotopic (exact) mass is 520 g/mol. The molecule has 0 amide bonds. The van der Waals surface area contributed by atoms with Crippen LogP contribution >= 0.6 is 0 Å². The molecule has 188 valence electrons. The van der Waals surface area contributed by atoms with Crippen LogP contribution in [0.5, 0.6) is 11.5 Å². The molecule has 0 fully saturated rings. The molecule has 6 rings (SSSR count). The van der Waals surface area contributed by atoms with Gasteiger partial charge >= 0.3 is 0 Å². The maximum absolute atomic E-state index is 14.0. The summed E-state index contributed by atoms with van der Waals surface area (Å²) in [5, 5.41) is 1.56. The van der Waals surface area contributed by atoms with E-state index in [0.29, 0.717) is 16.9 Å². The van der Waals surface area contributed by atoms with Crippen molar-refractivity contribution in [3.8, 4) is 33.9 Å². The van der Waals surface area contributed by atoms with Crippen molar-refractivity contribution in [2.45, 2.75) is 4.90 Å². The number of fused-ring (bicyclic) bond motifs is 3. The van der Waals surface area contributed by atoms with Gasteiger partial charge in [-0.2, -0.15) is 0 Å². The zero-order chi connectivity index (χ0) is 26.3. The van der Waals surface area contributed by atoms with Crippen LogP contribution in [0.4, 0.5) is 0 Å². The molecule has 2 heterocycles. The van der Waals surface area contributed by atoms with Gasteiger partial charge in [0.1, 0.15) is 11.5 Å². The molecule has 6 aromatic rings. The Hall–Kier alpha value is -4.62. The highest BCUT2D eigenvalue weighted by atomic mass is 32.2. The van der Waals surface area contributed by atoms with Crippen molar-refractivity contribution >= 4 is 32.0 Å². The van der Waals surface area contributed by atoms with Crippen LogP contribution in [0, 0.1) is 0 Å². The third-order valence-electron chi connectivity index (χ3n) is 6.66. The number of hydrogen-bond acceptors (Lipinski definition) is 5. The number of rotatable bonds is 6. The minimum absolute atomic E-state index is 0.203. The fourth-order valence-corrected chi connectivity index (χ4v) is 6.18. The summed E-state index contributed by atoms with van der Waals surface area (Å²) in [4.78, 5) is 5.08. The standard InChI is InChI=1S/C31H24N2O4S/c1-36-24-13-8-21(9-14-24)23-12-19-30-28(20-23)27-17-18-29(22-10-15-25(37-2)16-11-22)32-31(27)33(30)38(34,35)26-6-4-3-5-7-26/h3-20H,1-2H3. The molecule has 0 aliphatic rings. The topological polar surface area (TPSA) is 70.4 Å². The zero-order valence-electron chi connectivity index (χ0n) is 20.8. The fraction of sp³-hybridized carbons (Fsp3) is 0.0645. The number of ether oxygens (including phenoxy) is 2. The molecule has 0 radical (unpaired) electrons. The van der Waals surface area contributed by atoms with E-state index < -0.39 is 10.0 Å². The summed E-state index contributed by atoms with van der Waals surface area (Å²) in [6, 6.07) is 33.4. The second-order valence-electron chi connectivity index (χ2n) is 8.84. The largest absolute Gasteiger partial charge is 0.497 e. The summed E-state index contributed by atoms with van der Waals surface area (Å²) in [6.45, 7) is 0. The Morgan fingerprint density at radius 1 is 0.632 bits per heavy atom. The summed E-state index contributed by atoms with van der Waals surface area (Å²) in [5.41, 5.74) is 4.45. The van der Waals surface area contributed by atoms with Crippen LogP contribution in [0.2, 0.25) is 0 Å². The van der Waals surface area contributed by atoms with Crippen molar-refractivity contribution in [2.75, 3.05) is 14.2 Å². The van der Waals surface area contributed by atoms with Crippen molar-refractivity contribution in [1.29, 1.82) is 0 Å². The Labute approximate surface area is 220 Å². The first-order valence-electron chi connectivity index (χ1n) is 12.0. The van der Waals surface area contributed by atoms with E-state index in [2.05, 4.69) is 0 Å². The van der Waals surface area contributed by atoms with Gasteiger partial charge in [-0.15, -0.1) is 0 Å². The lowest BCUT2D eigenvalue weighted by Gasteiger charge is -2.10. The van der Waals surface area contributed by atoms with Crippen LogP contribution in [-0.4, -0.2) is 31.6 Å². The number of methoxy groups -OCH3 is 2. The minimum atomic E-state index is -3.93. The van der Waals surface area contributed by atoms with Gasteiger partial charge in [-0.25, -0.2) is 17.4 Å². The first-order valence-corrected chi connectivity index (χ1v) is 13.5. The molecule has 0 atom stereocenters. The molecule has 0 saturated heterocycles. The quantitative estimate of drug-likeness (QED) is 0.242. The van der Waals surface area contributed by atoms with E-state index >= 15 is 0 Å². The molecule has 4 aromatic carbocycles. The lowest BCUT2D eigenvalue weighted by Crippen LogP contribution is -2.13. The molecular weight excluding hydrogens is 496 g/mol. The number of hydrogen-bond donors (Lipinski definition) is 0. The minimum Gasteiger partial charge on any atom is -0.497 e. The summed E-state index contributed by atoms with van der Waals surface area (Å²) >= 11 is 0. The van der Waals surface area contributed by atoms with Crippen molar-refractivity contribution in [3.63, 3.8) is 0 Å². The predicted molar refractivity (Wildman–Crippen MR) is 150 cm³/mol. The average molecular weight is 521 g/mol. The van der Waals surface area contributed by atoms with Crippen LogP contribution < -0.4 is 9.47 Å². The van der Waals surface area contributed by atoms with Crippen LogP contribution in [0.1, 0.15) is 0 Å². The highest BCUT2D eigenvalue weighted by molar-refractivity contribution is 7.90. The Balaban J connectivity index is 1.61. The first-order chi connectivity index (χ1) is 18.5. The SMILES string of the molecule is COc1ccc(-c2ccc3c(c2)c2ccc(-c4ccc(OC)cc4)nc2n3S(=O)(=O)c2ccccc2)cc1. The third-order valence-corrected chi connectivity index (χ3v) is 8.38. The lowest BCUT2D eigenvalue weighted by molar-refractivity contribution is 0.415. The summed E-state index contributed by atoms with van der Waals surface area (Å²) in [7, 11) is -0.675. The van der Waals surface area contributed by atoms with Crippen LogP contribution in [0.25, 0.3) is 44.3 Å². The molecule has 0 unspecified atom stereocenters. The van der Waals surface area contributed by atoms with Gasteiger partial charge < -0.3 is 9.47 Å². The molecule has 0 spiro atoms. The average Bonchev–Trinajstić information content (AvgIpc) is 3.31. The van der Waals surface area contributed by atoms with Crippen LogP contribution in [0.3, 0.4) is 0 Å². The Morgan fingerprint density at radius 2 is 1.24 bits per heavy atom. The molecule has 7 heteroatoms. The second-order valence-corrected chi connectivity index (χ2v) is 10.6. The maximum atomic E-state index is 14.0. The molecule has 0 N–H and O–H groups in total. The van der Waals surface area contributed by atoms with Gasteiger partial charge in [0.15, 0.2) is 5.65 Å². The van der Waals surface area contributed by atoms with E-state index in [4.69, 9.17) is 14.5 Å². The smallest absolute Gasteiger partial charge is 0.269 e. The Morgan fingerprint density at radius 3 is 1.87 bits per heavy atom. The zero-order valence-corrected chi connectivity index (χ0v) is 21.6. The van der Waals surface area contributed by atoms with E-state index in [9.17, 15) is 8.42 Å². The van der Waals surface area contributed by atoms with Crippen molar-refractivity contribution in [1.82, 2.24) is 8.96 Å². The highest BCUT2D eigenvalue weighted by Gasteiger charge is 2.25. The summed E-state index contributed by atoms with van der Waals surface area (Å²) < 4.78 is 39.9. The van der Waals surface area contributed by atoms with Crippen molar-refractivity contribution < 1.29 is 17.9 Å². The van der Waals surface area contributed by atoms with Gasteiger partial charge in [0.05, 0.1) is 30.3 Å². The van der Waals surface area contributed by atoms with E-state index in [1.165, 1.54) is 3.97 Å². The number of aromatic nitrogens is 2. The fourth-order valence-electron chi connectivity index (χ4n) is 4.68. The number of pyridine rings is 1. The van der Waals surface area contributed by atoms with Gasteiger partial charge in [0.25, 0.3) is 10.0 Å². The normalized spacial score (nSPS) is 11.6. The van der Waals surface area contributed by atoms with Crippen molar-refractivity contribution in [2.24, 2.45) is 0 Å². The molecule has 38 heavy (non-hydrogen) atoms. The molecule has 0 saturated carbocycles. The highest BCUT2D eigenvalue weighted by Crippen LogP contribution is 2.36. The third kappa shape index (κ3) is 3.97.